The molecule has 2 aliphatic heterocycles. The summed E-state index contributed by atoms with van der Waals surface area (Å²) in [4.78, 5) is 15.8. The molecule has 2 saturated heterocycles. The maximum Gasteiger partial charge on any atom is 0.252 e. The fourth-order valence-electron chi connectivity index (χ4n) is 3.09. The van der Waals surface area contributed by atoms with Crippen LogP contribution in [0.5, 0.6) is 0 Å². The Hall–Kier alpha value is -0.910. The molecule has 2 fully saturated rings. The van der Waals surface area contributed by atoms with Gasteiger partial charge >= 0.3 is 0 Å². The summed E-state index contributed by atoms with van der Waals surface area (Å²) in [5, 5.41) is 0. The highest BCUT2D eigenvalue weighted by Crippen LogP contribution is 2.15. The number of nitrogens with zero attached hydrogens (tertiary/aromatic N) is 1. The molecule has 2 aliphatic rings. The van der Waals surface area contributed by atoms with Gasteiger partial charge in [0.05, 0.1) is 26.2 Å². The fraction of sp³-hybridized carbons (Fsp3) is 0.562. The zero-order chi connectivity index (χ0) is 14.7. The van der Waals surface area contributed by atoms with Crippen LogP contribution in [-0.4, -0.2) is 49.7 Å². The first kappa shape index (κ1) is 15.0. The van der Waals surface area contributed by atoms with Crippen molar-refractivity contribution >= 4 is 21.8 Å². The molecular weight excluding hydrogens is 332 g/mol. The van der Waals surface area contributed by atoms with Gasteiger partial charge < -0.3 is 14.5 Å². The number of hydrogen-bond donors (Lipinski definition) is 1. The maximum atomic E-state index is 12.3. The Labute approximate surface area is 134 Å². The van der Waals surface area contributed by atoms with Crippen LogP contribution in [0.3, 0.4) is 0 Å². The molecule has 0 bridgehead atoms. The Kier molecular flexibility index (Phi) is 4.93. The second-order valence-electron chi connectivity index (χ2n) is 5.88. The van der Waals surface area contributed by atoms with E-state index < -0.39 is 0 Å². The van der Waals surface area contributed by atoms with Crippen molar-refractivity contribution in [3.8, 4) is 0 Å². The Morgan fingerprint density at radius 3 is 2.62 bits per heavy atom. The molecule has 0 radical (unpaired) electrons. The van der Waals surface area contributed by atoms with E-state index in [0.29, 0.717) is 0 Å². The van der Waals surface area contributed by atoms with E-state index in [4.69, 9.17) is 4.74 Å². The lowest BCUT2D eigenvalue weighted by Crippen LogP contribution is -3.13. The standard InChI is InChI=1S/C16H21BrN2O2/c17-14-5-3-13(4-6-14)12-18-7-9-19(10-8-18)16(20)15-2-1-11-21-15/h3-6,15H,1-2,7-12H2/p+1/t15-/m1/s1. The van der Waals surface area contributed by atoms with Gasteiger partial charge in [-0.15, -0.1) is 0 Å². The summed E-state index contributed by atoms with van der Waals surface area (Å²) >= 11 is 3.46. The van der Waals surface area contributed by atoms with Gasteiger partial charge in [0, 0.05) is 16.6 Å². The lowest BCUT2D eigenvalue weighted by atomic mass is 10.1. The molecule has 0 aromatic heterocycles. The maximum absolute atomic E-state index is 12.3. The smallest absolute Gasteiger partial charge is 0.252 e. The zero-order valence-electron chi connectivity index (χ0n) is 12.2. The minimum atomic E-state index is -0.168. The number of hydrogen-bond acceptors (Lipinski definition) is 2. The summed E-state index contributed by atoms with van der Waals surface area (Å²) in [7, 11) is 0. The largest absolute Gasteiger partial charge is 0.368 e. The predicted octanol–water partition coefficient (Wildman–Crippen LogP) is 0.855. The lowest BCUT2D eigenvalue weighted by Gasteiger charge is -2.33. The van der Waals surface area contributed by atoms with Gasteiger partial charge in [-0.3, -0.25) is 4.79 Å². The molecule has 1 N–H and O–H groups in total. The fourth-order valence-corrected chi connectivity index (χ4v) is 3.35. The zero-order valence-corrected chi connectivity index (χ0v) is 13.8. The number of carbonyl (C=O) groups is 1. The summed E-state index contributed by atoms with van der Waals surface area (Å²) < 4.78 is 6.62. The lowest BCUT2D eigenvalue weighted by molar-refractivity contribution is -0.917. The number of carbonyl (C=O) groups excluding carboxylic acids is 1. The van der Waals surface area contributed by atoms with Crippen LogP contribution < -0.4 is 4.90 Å². The van der Waals surface area contributed by atoms with E-state index in [1.165, 1.54) is 5.56 Å². The average molecular weight is 354 g/mol. The molecule has 1 aromatic rings. The van der Waals surface area contributed by atoms with Gasteiger partial charge in [0.1, 0.15) is 12.6 Å². The molecule has 0 spiro atoms. The van der Waals surface area contributed by atoms with Crippen molar-refractivity contribution < 1.29 is 14.4 Å². The number of quaternary nitrogens is 1. The third kappa shape index (κ3) is 3.84. The first-order valence-electron chi connectivity index (χ1n) is 7.71. The highest BCUT2D eigenvalue weighted by molar-refractivity contribution is 9.10. The topological polar surface area (TPSA) is 34.0 Å². The van der Waals surface area contributed by atoms with Gasteiger partial charge in [0.2, 0.25) is 0 Å². The van der Waals surface area contributed by atoms with Crippen molar-refractivity contribution in [3.63, 3.8) is 0 Å². The van der Waals surface area contributed by atoms with Crippen LogP contribution in [-0.2, 0) is 16.1 Å². The molecule has 114 valence electrons. The molecule has 5 heteroatoms. The van der Waals surface area contributed by atoms with E-state index in [0.717, 1.165) is 56.6 Å². The second kappa shape index (κ2) is 6.90. The van der Waals surface area contributed by atoms with E-state index >= 15 is 0 Å². The monoisotopic (exact) mass is 353 g/mol. The highest BCUT2D eigenvalue weighted by atomic mass is 79.9. The Balaban J connectivity index is 1.48. The van der Waals surface area contributed by atoms with Gasteiger partial charge in [-0.2, -0.15) is 0 Å². The van der Waals surface area contributed by atoms with E-state index in [1.807, 2.05) is 4.90 Å². The van der Waals surface area contributed by atoms with Crippen LogP contribution in [0.2, 0.25) is 0 Å². The summed E-state index contributed by atoms with van der Waals surface area (Å²) in [5.74, 6) is 0.204. The number of amides is 1. The van der Waals surface area contributed by atoms with Crippen molar-refractivity contribution in [2.45, 2.75) is 25.5 Å². The van der Waals surface area contributed by atoms with Crippen LogP contribution in [0, 0.1) is 0 Å². The van der Waals surface area contributed by atoms with Crippen LogP contribution in [0.15, 0.2) is 28.7 Å². The predicted molar refractivity (Wildman–Crippen MR) is 84.1 cm³/mol. The SMILES string of the molecule is O=C([C@H]1CCCO1)N1CC[NH+](Cc2ccc(Br)cc2)CC1. The molecular formula is C16H22BrN2O2+. The third-order valence-corrected chi connectivity index (χ3v) is 4.88. The third-order valence-electron chi connectivity index (χ3n) is 4.35. The Morgan fingerprint density at radius 1 is 1.29 bits per heavy atom. The van der Waals surface area contributed by atoms with Crippen molar-refractivity contribution in [1.29, 1.82) is 0 Å². The first-order valence-corrected chi connectivity index (χ1v) is 8.50. The van der Waals surface area contributed by atoms with Crippen molar-refractivity contribution in [2.24, 2.45) is 0 Å². The Morgan fingerprint density at radius 2 is 2.00 bits per heavy atom. The number of benzene rings is 1. The minimum Gasteiger partial charge on any atom is -0.368 e. The van der Waals surface area contributed by atoms with Crippen LogP contribution in [0.25, 0.3) is 0 Å². The van der Waals surface area contributed by atoms with Crippen LogP contribution in [0.1, 0.15) is 18.4 Å². The number of nitrogens with one attached hydrogen (secondary N) is 1. The second-order valence-corrected chi connectivity index (χ2v) is 6.80. The number of piperazine rings is 1. The molecule has 0 unspecified atom stereocenters. The summed E-state index contributed by atoms with van der Waals surface area (Å²) in [6.45, 7) is 5.53. The Bertz CT molecular complexity index is 478. The van der Waals surface area contributed by atoms with Gasteiger partial charge in [0.25, 0.3) is 5.91 Å². The number of ether oxygens (including phenoxy) is 1. The molecule has 0 saturated carbocycles. The van der Waals surface area contributed by atoms with Crippen LogP contribution >= 0.6 is 15.9 Å². The molecule has 21 heavy (non-hydrogen) atoms. The molecule has 1 aromatic carbocycles. The van der Waals surface area contributed by atoms with Gasteiger partial charge in [0.15, 0.2) is 0 Å². The highest BCUT2D eigenvalue weighted by Gasteiger charge is 2.31. The molecule has 4 nitrogen and oxygen atoms in total. The first-order chi connectivity index (χ1) is 10.2. The molecule has 2 heterocycles. The van der Waals surface area contributed by atoms with E-state index in [1.54, 1.807) is 4.90 Å². The minimum absolute atomic E-state index is 0.168. The summed E-state index contributed by atoms with van der Waals surface area (Å²) in [6, 6.07) is 8.51. The molecule has 1 amide bonds. The summed E-state index contributed by atoms with van der Waals surface area (Å²) in [5.41, 5.74) is 1.35. The van der Waals surface area contributed by atoms with Crippen molar-refractivity contribution in [2.75, 3.05) is 32.8 Å². The van der Waals surface area contributed by atoms with Gasteiger partial charge in [-0.05, 0) is 25.0 Å². The van der Waals surface area contributed by atoms with E-state index in [9.17, 15) is 4.79 Å². The van der Waals surface area contributed by atoms with Crippen LogP contribution in [0.4, 0.5) is 0 Å². The summed E-state index contributed by atoms with van der Waals surface area (Å²) in [6.07, 6.45) is 1.74. The van der Waals surface area contributed by atoms with Crippen molar-refractivity contribution in [1.82, 2.24) is 4.90 Å². The van der Waals surface area contributed by atoms with E-state index in [-0.39, 0.29) is 12.0 Å². The van der Waals surface area contributed by atoms with E-state index in [2.05, 4.69) is 40.2 Å². The quantitative estimate of drug-likeness (QED) is 0.874. The van der Waals surface area contributed by atoms with Gasteiger partial charge in [-0.1, -0.05) is 28.1 Å². The van der Waals surface area contributed by atoms with Crippen molar-refractivity contribution in [3.05, 3.63) is 34.3 Å². The average Bonchev–Trinajstić information content (AvgIpc) is 3.04. The number of rotatable bonds is 3. The normalized spacial score (nSPS) is 23.5. The molecule has 1 atom stereocenters. The molecule has 3 rings (SSSR count). The van der Waals surface area contributed by atoms with Gasteiger partial charge in [-0.25, -0.2) is 0 Å². The molecule has 0 aliphatic carbocycles. The number of halogens is 1.